The summed E-state index contributed by atoms with van der Waals surface area (Å²) in [5.41, 5.74) is 0.800. The largest absolute Gasteiger partial charge is 0.492 e. The molecule has 0 amide bonds. The molecule has 0 bridgehead atoms. The van der Waals surface area contributed by atoms with Crippen molar-refractivity contribution < 1.29 is 5.11 Å². The van der Waals surface area contributed by atoms with Gasteiger partial charge in [0.2, 0.25) is 5.88 Å². The van der Waals surface area contributed by atoms with E-state index in [1.165, 1.54) is 6.20 Å². The van der Waals surface area contributed by atoms with Gasteiger partial charge in [0.25, 0.3) is 0 Å². The van der Waals surface area contributed by atoms with E-state index in [0.717, 1.165) is 10.0 Å². The van der Waals surface area contributed by atoms with Crippen molar-refractivity contribution in [2.45, 2.75) is 6.92 Å². The number of rotatable bonds is 0. The fourth-order valence-electron chi connectivity index (χ4n) is 0.544. The van der Waals surface area contributed by atoms with Crippen LogP contribution in [-0.4, -0.2) is 10.1 Å². The van der Waals surface area contributed by atoms with Crippen LogP contribution in [-0.2, 0) is 0 Å². The van der Waals surface area contributed by atoms with Crippen molar-refractivity contribution in [2.75, 3.05) is 0 Å². The Bertz CT molecular complexity index is 237. The lowest BCUT2D eigenvalue weighted by molar-refractivity contribution is 0.453. The van der Waals surface area contributed by atoms with Gasteiger partial charge in [-0.1, -0.05) is 11.6 Å². The molecule has 4 heteroatoms. The lowest BCUT2D eigenvalue weighted by Crippen LogP contribution is -1.81. The van der Waals surface area contributed by atoms with Crippen LogP contribution in [0.4, 0.5) is 0 Å². The van der Waals surface area contributed by atoms with Crippen LogP contribution < -0.4 is 0 Å². The van der Waals surface area contributed by atoms with E-state index in [2.05, 4.69) is 20.9 Å². The summed E-state index contributed by atoms with van der Waals surface area (Å²) in [6.45, 7) is 1.80. The highest BCUT2D eigenvalue weighted by molar-refractivity contribution is 9.10. The molecule has 1 N–H and O–H groups in total. The Hall–Kier alpha value is -0.280. The van der Waals surface area contributed by atoms with E-state index in [0.29, 0.717) is 5.02 Å². The van der Waals surface area contributed by atoms with Crippen molar-refractivity contribution in [1.82, 2.24) is 4.98 Å². The third-order valence-corrected chi connectivity index (χ3v) is 2.44. The molecule has 0 saturated carbocycles. The number of nitrogens with zero attached hydrogens (tertiary/aromatic N) is 1. The first kappa shape index (κ1) is 7.82. The quantitative estimate of drug-likeness (QED) is 0.732. The first-order chi connectivity index (χ1) is 4.63. The number of hydrogen-bond acceptors (Lipinski definition) is 2. The molecule has 54 valence electrons. The maximum atomic E-state index is 8.96. The Morgan fingerprint density at radius 3 is 2.80 bits per heavy atom. The zero-order valence-corrected chi connectivity index (χ0v) is 7.57. The maximum Gasteiger partial charge on any atom is 0.230 e. The second-order valence-electron chi connectivity index (χ2n) is 1.87. The van der Waals surface area contributed by atoms with Gasteiger partial charge in [0.15, 0.2) is 0 Å². The molecule has 0 aliphatic carbocycles. The summed E-state index contributed by atoms with van der Waals surface area (Å²) in [5, 5.41) is 9.26. The topological polar surface area (TPSA) is 33.1 Å². The van der Waals surface area contributed by atoms with Gasteiger partial charge in [0.05, 0.1) is 0 Å². The molecule has 10 heavy (non-hydrogen) atoms. The van der Waals surface area contributed by atoms with Crippen molar-refractivity contribution in [3.05, 3.63) is 21.3 Å². The molecule has 1 heterocycles. The molecule has 1 aromatic heterocycles. The fourth-order valence-corrected chi connectivity index (χ4v) is 1.11. The number of halogens is 2. The van der Waals surface area contributed by atoms with Crippen LogP contribution in [0, 0.1) is 6.92 Å². The van der Waals surface area contributed by atoms with Crippen molar-refractivity contribution in [3.63, 3.8) is 0 Å². The summed E-state index contributed by atoms with van der Waals surface area (Å²) in [4.78, 5) is 3.62. The highest BCUT2D eigenvalue weighted by Crippen LogP contribution is 2.28. The van der Waals surface area contributed by atoms with Crippen LogP contribution in [0.15, 0.2) is 10.7 Å². The van der Waals surface area contributed by atoms with Crippen molar-refractivity contribution in [2.24, 2.45) is 0 Å². The monoisotopic (exact) mass is 221 g/mol. The minimum absolute atomic E-state index is 0.123. The van der Waals surface area contributed by atoms with E-state index in [9.17, 15) is 0 Å². The molecule has 0 saturated heterocycles. The molecule has 1 rings (SSSR count). The molecule has 0 aliphatic rings. The van der Waals surface area contributed by atoms with Crippen molar-refractivity contribution in [3.8, 4) is 5.88 Å². The molecule has 0 fully saturated rings. The average molecular weight is 222 g/mol. The summed E-state index contributed by atoms with van der Waals surface area (Å²) in [6.07, 6.45) is 1.51. The molecular weight excluding hydrogens is 217 g/mol. The average Bonchev–Trinajstić information content (AvgIpc) is 1.93. The minimum Gasteiger partial charge on any atom is -0.492 e. The summed E-state index contributed by atoms with van der Waals surface area (Å²) < 4.78 is 0.801. The van der Waals surface area contributed by atoms with E-state index >= 15 is 0 Å². The van der Waals surface area contributed by atoms with Gasteiger partial charge in [-0.05, 0) is 28.4 Å². The summed E-state index contributed by atoms with van der Waals surface area (Å²) in [6, 6.07) is 0. The van der Waals surface area contributed by atoms with Gasteiger partial charge in [0, 0.05) is 10.7 Å². The van der Waals surface area contributed by atoms with Crippen LogP contribution >= 0.6 is 27.5 Å². The SMILES string of the molecule is Cc1c(Br)cnc(O)c1Cl. The van der Waals surface area contributed by atoms with Crippen LogP contribution in [0.3, 0.4) is 0 Å². The standard InChI is InChI=1S/C6H5BrClNO/c1-3-4(7)2-9-6(10)5(3)8/h2H,1H3,(H,9,10). The minimum atomic E-state index is -0.123. The smallest absolute Gasteiger partial charge is 0.230 e. The molecule has 1 aromatic rings. The molecule has 0 unspecified atom stereocenters. The molecular formula is C6H5BrClNO. The lowest BCUT2D eigenvalue weighted by atomic mass is 10.3. The van der Waals surface area contributed by atoms with Gasteiger partial charge in [-0.25, -0.2) is 4.98 Å². The number of aromatic hydroxyl groups is 1. The van der Waals surface area contributed by atoms with Crippen LogP contribution in [0.2, 0.25) is 5.02 Å². The van der Waals surface area contributed by atoms with Gasteiger partial charge < -0.3 is 5.11 Å². The lowest BCUT2D eigenvalue weighted by Gasteiger charge is -2.00. The maximum absolute atomic E-state index is 8.96. The number of pyridine rings is 1. The summed E-state index contributed by atoms with van der Waals surface area (Å²) in [7, 11) is 0. The fraction of sp³-hybridized carbons (Fsp3) is 0.167. The second kappa shape index (κ2) is 2.76. The molecule has 0 spiro atoms. The van der Waals surface area contributed by atoms with Crippen LogP contribution in [0.5, 0.6) is 5.88 Å². The summed E-state index contributed by atoms with van der Waals surface area (Å²) >= 11 is 8.86. The summed E-state index contributed by atoms with van der Waals surface area (Å²) in [5.74, 6) is -0.123. The zero-order chi connectivity index (χ0) is 7.72. The third-order valence-electron chi connectivity index (χ3n) is 1.18. The Morgan fingerprint density at radius 2 is 2.30 bits per heavy atom. The number of hydrogen-bond donors (Lipinski definition) is 1. The zero-order valence-electron chi connectivity index (χ0n) is 5.23. The van der Waals surface area contributed by atoms with E-state index in [1.807, 2.05) is 0 Å². The van der Waals surface area contributed by atoms with E-state index in [-0.39, 0.29) is 5.88 Å². The first-order valence-electron chi connectivity index (χ1n) is 2.62. The molecule has 0 atom stereocenters. The van der Waals surface area contributed by atoms with Crippen molar-refractivity contribution >= 4 is 27.5 Å². The molecule has 2 nitrogen and oxygen atoms in total. The second-order valence-corrected chi connectivity index (χ2v) is 3.10. The van der Waals surface area contributed by atoms with E-state index < -0.39 is 0 Å². The Labute approximate surface area is 72.0 Å². The molecule has 0 aromatic carbocycles. The van der Waals surface area contributed by atoms with E-state index in [1.54, 1.807) is 6.92 Å². The normalized spacial score (nSPS) is 9.90. The van der Waals surface area contributed by atoms with Gasteiger partial charge in [0.1, 0.15) is 5.02 Å². The van der Waals surface area contributed by atoms with Gasteiger partial charge in [-0.3, -0.25) is 0 Å². The Kier molecular flexibility index (Phi) is 2.16. The van der Waals surface area contributed by atoms with Gasteiger partial charge in [-0.2, -0.15) is 0 Å². The molecule has 0 radical (unpaired) electrons. The van der Waals surface area contributed by atoms with Gasteiger partial charge in [-0.15, -0.1) is 0 Å². The van der Waals surface area contributed by atoms with Crippen LogP contribution in [0.25, 0.3) is 0 Å². The van der Waals surface area contributed by atoms with E-state index in [4.69, 9.17) is 16.7 Å². The number of aromatic nitrogens is 1. The molecule has 0 aliphatic heterocycles. The predicted molar refractivity (Wildman–Crippen MR) is 43.3 cm³/mol. The van der Waals surface area contributed by atoms with Gasteiger partial charge >= 0.3 is 0 Å². The Balaban J connectivity index is 3.34. The highest BCUT2D eigenvalue weighted by Gasteiger charge is 2.05. The highest BCUT2D eigenvalue weighted by atomic mass is 79.9. The van der Waals surface area contributed by atoms with Crippen molar-refractivity contribution in [1.29, 1.82) is 0 Å². The third kappa shape index (κ3) is 1.25. The Morgan fingerprint density at radius 1 is 1.70 bits per heavy atom. The van der Waals surface area contributed by atoms with Crippen LogP contribution in [0.1, 0.15) is 5.56 Å². The predicted octanol–water partition coefficient (Wildman–Crippen LogP) is 2.51. The first-order valence-corrected chi connectivity index (χ1v) is 3.79.